The maximum Gasteiger partial charge on any atom is 0.319 e. The number of nitrogens with one attached hydrogen (secondary N) is 3. The van der Waals surface area contributed by atoms with Crippen molar-refractivity contribution in [1.82, 2.24) is 15.2 Å². The zero-order valence-corrected chi connectivity index (χ0v) is 13.3. The first kappa shape index (κ1) is 15.6. The van der Waals surface area contributed by atoms with Gasteiger partial charge in [-0.1, -0.05) is 19.1 Å². The first-order valence-corrected chi connectivity index (χ1v) is 8.08. The number of nitrogens with zero attached hydrogens (tertiary/aromatic N) is 1. The molecule has 23 heavy (non-hydrogen) atoms. The minimum atomic E-state index is -0.339. The first-order chi connectivity index (χ1) is 11.2. The summed E-state index contributed by atoms with van der Waals surface area (Å²) >= 11 is 0. The molecule has 1 atom stereocenters. The molecule has 1 fully saturated rings. The summed E-state index contributed by atoms with van der Waals surface area (Å²) in [6.07, 6.45) is 3.81. The third-order valence-electron chi connectivity index (χ3n) is 4.44. The monoisotopic (exact) mass is 314 g/mol. The molecule has 1 aliphatic heterocycles. The highest BCUT2D eigenvalue weighted by molar-refractivity contribution is 5.91. The van der Waals surface area contributed by atoms with Crippen molar-refractivity contribution in [1.29, 1.82) is 0 Å². The van der Waals surface area contributed by atoms with Crippen molar-refractivity contribution >= 4 is 22.6 Å². The highest BCUT2D eigenvalue weighted by Crippen LogP contribution is 2.15. The van der Waals surface area contributed by atoms with Gasteiger partial charge in [-0.2, -0.15) is 0 Å². The molecule has 2 heterocycles. The summed E-state index contributed by atoms with van der Waals surface area (Å²) in [5.74, 6) is 0. The van der Waals surface area contributed by atoms with E-state index in [9.17, 15) is 9.59 Å². The van der Waals surface area contributed by atoms with Gasteiger partial charge >= 0.3 is 6.03 Å². The van der Waals surface area contributed by atoms with Crippen LogP contribution in [0, 0.1) is 0 Å². The van der Waals surface area contributed by atoms with Crippen molar-refractivity contribution in [3.05, 3.63) is 40.7 Å². The van der Waals surface area contributed by atoms with E-state index in [1.54, 1.807) is 12.1 Å². The number of H-pyrrole nitrogens is 1. The molecule has 1 aromatic carbocycles. The number of carbonyl (C=O) groups excluding carboxylic acids is 1. The number of aromatic nitrogens is 1. The summed E-state index contributed by atoms with van der Waals surface area (Å²) in [6, 6.07) is 7.30. The van der Waals surface area contributed by atoms with E-state index in [1.165, 1.54) is 12.6 Å². The van der Waals surface area contributed by atoms with Crippen LogP contribution in [0.3, 0.4) is 0 Å². The molecule has 1 unspecified atom stereocenters. The van der Waals surface area contributed by atoms with Gasteiger partial charge in [0.2, 0.25) is 5.43 Å². The second-order valence-corrected chi connectivity index (χ2v) is 5.84. The second-order valence-electron chi connectivity index (χ2n) is 5.84. The molecule has 0 aliphatic carbocycles. The minimum absolute atomic E-state index is 0.175. The average molecular weight is 314 g/mol. The topological polar surface area (TPSA) is 77.2 Å². The fourth-order valence-electron chi connectivity index (χ4n) is 3.18. The predicted octanol–water partition coefficient (Wildman–Crippen LogP) is 2.13. The zero-order chi connectivity index (χ0) is 16.2. The standard InChI is InChI=1S/C17H22N4O2/c1-2-21-9-5-6-12(21)10-19-17(23)20-15-11-18-14-8-4-3-7-13(14)16(15)22/h3-4,7-8,11-12H,2,5-6,9-10H2,1H3,(H,18,22)(H2,19,20,23). The second kappa shape index (κ2) is 6.83. The molecule has 0 spiro atoms. The summed E-state index contributed by atoms with van der Waals surface area (Å²) in [7, 11) is 0. The number of pyridine rings is 1. The van der Waals surface area contributed by atoms with Crippen molar-refractivity contribution in [2.75, 3.05) is 25.0 Å². The van der Waals surface area contributed by atoms with Gasteiger partial charge in [0, 0.05) is 29.7 Å². The van der Waals surface area contributed by atoms with Crippen molar-refractivity contribution in [2.45, 2.75) is 25.8 Å². The van der Waals surface area contributed by atoms with Crippen molar-refractivity contribution < 1.29 is 4.79 Å². The van der Waals surface area contributed by atoms with Crippen LogP contribution in [0.15, 0.2) is 35.3 Å². The minimum Gasteiger partial charge on any atom is -0.359 e. The third kappa shape index (κ3) is 3.37. The number of anilines is 1. The number of amides is 2. The van der Waals surface area contributed by atoms with E-state index >= 15 is 0 Å². The lowest BCUT2D eigenvalue weighted by molar-refractivity contribution is 0.238. The van der Waals surface area contributed by atoms with Crippen LogP contribution in [0.2, 0.25) is 0 Å². The molecular weight excluding hydrogens is 292 g/mol. The maximum atomic E-state index is 12.4. The number of likely N-dealkylation sites (tertiary alicyclic amines) is 1. The highest BCUT2D eigenvalue weighted by Gasteiger charge is 2.23. The Morgan fingerprint density at radius 2 is 2.22 bits per heavy atom. The molecule has 2 amide bonds. The number of urea groups is 1. The van der Waals surface area contributed by atoms with E-state index < -0.39 is 0 Å². The number of fused-ring (bicyclic) bond motifs is 1. The molecule has 3 N–H and O–H groups in total. The van der Waals surface area contributed by atoms with E-state index in [2.05, 4.69) is 27.4 Å². The van der Waals surface area contributed by atoms with Gasteiger partial charge < -0.3 is 15.6 Å². The largest absolute Gasteiger partial charge is 0.359 e. The van der Waals surface area contributed by atoms with Gasteiger partial charge in [-0.25, -0.2) is 4.79 Å². The summed E-state index contributed by atoms with van der Waals surface area (Å²) in [5.41, 5.74) is 0.846. The molecule has 122 valence electrons. The van der Waals surface area contributed by atoms with Crippen molar-refractivity contribution in [2.24, 2.45) is 0 Å². The lowest BCUT2D eigenvalue weighted by Crippen LogP contribution is -2.41. The van der Waals surface area contributed by atoms with E-state index in [4.69, 9.17) is 0 Å². The molecule has 1 saturated heterocycles. The summed E-state index contributed by atoms with van der Waals surface area (Å²) in [6.45, 7) is 4.82. The van der Waals surface area contributed by atoms with Gasteiger partial charge in [0.05, 0.1) is 0 Å². The Morgan fingerprint density at radius 1 is 1.39 bits per heavy atom. The number of carbonyl (C=O) groups is 1. The lowest BCUT2D eigenvalue weighted by atomic mass is 10.2. The normalized spacial score (nSPS) is 18.2. The number of likely N-dealkylation sites (N-methyl/N-ethyl adjacent to an activating group) is 1. The van der Waals surface area contributed by atoms with E-state index in [0.29, 0.717) is 18.0 Å². The van der Waals surface area contributed by atoms with Crippen LogP contribution in [0.5, 0.6) is 0 Å². The Kier molecular flexibility index (Phi) is 4.62. The number of aromatic amines is 1. The van der Waals surface area contributed by atoms with Crippen LogP contribution in [0.25, 0.3) is 10.9 Å². The lowest BCUT2D eigenvalue weighted by Gasteiger charge is -2.22. The van der Waals surface area contributed by atoms with Gasteiger partial charge in [-0.05, 0) is 38.1 Å². The summed E-state index contributed by atoms with van der Waals surface area (Å²) in [4.78, 5) is 29.8. The Labute approximate surface area is 134 Å². The molecule has 6 heteroatoms. The third-order valence-corrected chi connectivity index (χ3v) is 4.44. The average Bonchev–Trinajstić information content (AvgIpc) is 3.03. The molecule has 2 aromatic rings. The molecule has 0 saturated carbocycles. The van der Waals surface area contributed by atoms with Gasteiger partial charge in [-0.15, -0.1) is 0 Å². The van der Waals surface area contributed by atoms with Crippen molar-refractivity contribution in [3.8, 4) is 0 Å². The smallest absolute Gasteiger partial charge is 0.319 e. The number of hydrogen-bond acceptors (Lipinski definition) is 3. The molecule has 6 nitrogen and oxygen atoms in total. The van der Waals surface area contributed by atoms with Crippen LogP contribution >= 0.6 is 0 Å². The van der Waals surface area contributed by atoms with E-state index in [0.717, 1.165) is 25.0 Å². The Balaban J connectivity index is 1.64. The Hall–Kier alpha value is -2.34. The predicted molar refractivity (Wildman–Crippen MR) is 91.9 cm³/mol. The SMILES string of the molecule is CCN1CCCC1CNC(=O)Nc1c[nH]c2ccccc2c1=O. The van der Waals surface area contributed by atoms with Gasteiger partial charge in [0.15, 0.2) is 0 Å². The number of rotatable bonds is 4. The summed E-state index contributed by atoms with van der Waals surface area (Å²) < 4.78 is 0. The molecule has 0 bridgehead atoms. The van der Waals surface area contributed by atoms with Gasteiger partial charge in [0.1, 0.15) is 5.69 Å². The Bertz CT molecular complexity index is 756. The molecule has 0 radical (unpaired) electrons. The van der Waals surface area contributed by atoms with Crippen LogP contribution < -0.4 is 16.1 Å². The van der Waals surface area contributed by atoms with Gasteiger partial charge in [-0.3, -0.25) is 9.69 Å². The molecule has 1 aromatic heterocycles. The fraction of sp³-hybridized carbons (Fsp3) is 0.412. The number of benzene rings is 1. The molecular formula is C17H22N4O2. The van der Waals surface area contributed by atoms with E-state index in [-0.39, 0.29) is 17.1 Å². The van der Waals surface area contributed by atoms with Crippen LogP contribution in [0.1, 0.15) is 19.8 Å². The summed E-state index contributed by atoms with van der Waals surface area (Å²) in [5, 5.41) is 6.08. The number of hydrogen-bond donors (Lipinski definition) is 3. The van der Waals surface area contributed by atoms with E-state index in [1.807, 2.05) is 12.1 Å². The quantitative estimate of drug-likeness (QED) is 0.809. The van der Waals surface area contributed by atoms with Crippen LogP contribution in [-0.2, 0) is 0 Å². The first-order valence-electron chi connectivity index (χ1n) is 8.08. The molecule has 3 rings (SSSR count). The maximum absolute atomic E-state index is 12.4. The highest BCUT2D eigenvalue weighted by atomic mass is 16.2. The van der Waals surface area contributed by atoms with Crippen LogP contribution in [-0.4, -0.2) is 41.6 Å². The van der Waals surface area contributed by atoms with Crippen LogP contribution in [0.4, 0.5) is 10.5 Å². The zero-order valence-electron chi connectivity index (χ0n) is 13.3. The molecule has 1 aliphatic rings. The number of para-hydroxylation sites is 1. The fourth-order valence-corrected chi connectivity index (χ4v) is 3.18. The van der Waals surface area contributed by atoms with Crippen molar-refractivity contribution in [3.63, 3.8) is 0 Å². The Morgan fingerprint density at radius 3 is 3.04 bits per heavy atom. The van der Waals surface area contributed by atoms with Gasteiger partial charge in [0.25, 0.3) is 0 Å².